The molecule has 2 heterocycles. The average molecular weight is 1440 g/mol. The summed E-state index contributed by atoms with van der Waals surface area (Å²) in [7, 11) is 1.24. The van der Waals surface area contributed by atoms with E-state index in [4.69, 9.17) is 23.1 Å². The lowest BCUT2D eigenvalue weighted by Gasteiger charge is -2.33. The highest BCUT2D eigenvalue weighted by Gasteiger charge is 2.39. The predicted octanol–water partition coefficient (Wildman–Crippen LogP) is 3.31. The maximum Gasteiger partial charge on any atom is 0.247 e. The van der Waals surface area contributed by atoms with E-state index in [9.17, 15) is 58.2 Å². The van der Waals surface area contributed by atoms with Crippen LogP contribution in [0.3, 0.4) is 0 Å². The van der Waals surface area contributed by atoms with Gasteiger partial charge in [0.15, 0.2) is 0 Å². The Hall–Kier alpha value is -9.08. The van der Waals surface area contributed by atoms with Crippen LogP contribution in [0, 0.1) is 11.8 Å². The molecule has 15 N–H and O–H groups in total. The minimum Gasteiger partial charge on any atom is -0.508 e. The maximum absolute atomic E-state index is 15.0. The van der Waals surface area contributed by atoms with Crippen LogP contribution in [0.1, 0.15) is 128 Å². The number of halogens is 1. The monoisotopic (exact) mass is 1440 g/mol. The number of likely N-dealkylation sites (N-methyl/N-ethyl adjacent to an activating group) is 1. The Balaban J connectivity index is 1.23. The van der Waals surface area contributed by atoms with E-state index < -0.39 is 121 Å². The quantitative estimate of drug-likeness (QED) is 0.0249. The molecular weight excluding hydrogens is 1340 g/mol. The van der Waals surface area contributed by atoms with E-state index in [0.717, 1.165) is 53.5 Å². The van der Waals surface area contributed by atoms with Crippen LogP contribution in [0.5, 0.6) is 5.75 Å². The number of fused-ring (bicyclic) bond motifs is 1. The molecule has 26 nitrogen and oxygen atoms in total. The van der Waals surface area contributed by atoms with Gasteiger partial charge in [0.1, 0.15) is 42.0 Å². The fourth-order valence-electron chi connectivity index (χ4n) is 12.6. The Kier molecular flexibility index (Phi) is 33.2. The number of phenolic OH excluding ortho intramolecular Hbond substituents is 1. The Bertz CT molecular complexity index is 3640. The first-order chi connectivity index (χ1) is 49.0. The third-order valence-corrected chi connectivity index (χ3v) is 18.3. The molecule has 1 aliphatic rings. The Morgan fingerprint density at radius 1 is 0.612 bits per heavy atom. The zero-order valence-corrected chi connectivity index (χ0v) is 61.5. The minimum atomic E-state index is -1.79. The number of carbonyl (C=O) groups is 10. The second-order valence-corrected chi connectivity index (χ2v) is 28.6. The number of primary amides is 2. The number of carbonyl (C=O) groups excluding carboxylic acids is 10. The molecule has 5 aromatic rings. The molecule has 10 amide bonds. The van der Waals surface area contributed by atoms with Crippen molar-refractivity contribution in [3.8, 4) is 5.75 Å². The number of aliphatic hydroxyl groups is 1. The highest BCUT2D eigenvalue weighted by atomic mass is 35.5. The van der Waals surface area contributed by atoms with Crippen molar-refractivity contribution in [2.45, 2.75) is 199 Å². The fraction of sp³-hybridized carbons (Fsp3) is 0.513. The van der Waals surface area contributed by atoms with Crippen LogP contribution in [-0.4, -0.2) is 190 Å². The van der Waals surface area contributed by atoms with Crippen molar-refractivity contribution in [3.05, 3.63) is 142 Å². The first kappa shape index (κ1) is 82.9. The molecule has 0 bridgehead atoms. The Morgan fingerprint density at radius 2 is 1.17 bits per heavy atom. The number of benzene rings is 4. The summed E-state index contributed by atoms with van der Waals surface area (Å²) in [4.78, 5) is 148. The van der Waals surface area contributed by atoms with Crippen LogP contribution in [0.4, 0.5) is 0 Å². The van der Waals surface area contributed by atoms with Gasteiger partial charge in [0, 0.05) is 94.8 Å². The number of rotatable bonds is 42. The Morgan fingerprint density at radius 3 is 1.73 bits per heavy atom. The molecule has 0 spiro atoms. The number of hydrogen-bond donors (Lipinski definition) is 13. The lowest BCUT2D eigenvalue weighted by Crippen LogP contribution is -2.61. The number of nitrogens with one attached hydrogen (secondary N) is 9. The molecule has 0 unspecified atom stereocenters. The standard InChI is InChI=1S/C76H107ClN14O12/c1-45(2)32-52-17-23-56-35-53(18-24-55(56)34-52)37-62(84-49(8)93)71(98)86-63(36-50-19-25-57(77)26-20-50)72(99)87-64(38-54-14-12-29-80-41-54)73(100)89-66(44-92)75(102)90(9)67(39-51-21-27-60(94)28-22-51)74(101)88-65(40-68(78)95)70(97)85-58(33-46(3)4)42-83-61(16-10-11-30-81-47(5)6)76(103)91-31-13-15-59(91)43-82-48(7)69(79)96/h12,14,17-29,34-35,41,45-48,58-59,61-67,81-83,92,94H,10-11,13,15-16,30-33,36-40,42-44H2,1-9H3,(H2,78,95)(H2,79,96)(H,84,93)(H,85,97)(H,86,98)(H,87,99)(H,88,101)(H,89,100)/t48-,58+,59+,61+,62-,63-,64-,65-,66+,67+/m1/s1. The molecule has 0 saturated carbocycles. The van der Waals surface area contributed by atoms with E-state index >= 15 is 0 Å². The van der Waals surface area contributed by atoms with Crippen molar-refractivity contribution in [2.75, 3.05) is 39.8 Å². The summed E-state index contributed by atoms with van der Waals surface area (Å²) in [5.74, 6) is -7.01. The number of nitrogens with two attached hydrogens (primary N) is 2. The number of unbranched alkanes of at least 4 members (excludes halogenated alkanes) is 1. The smallest absolute Gasteiger partial charge is 0.247 e. The van der Waals surface area contributed by atoms with Crippen molar-refractivity contribution in [1.82, 2.24) is 62.6 Å². The molecule has 1 aromatic heterocycles. The van der Waals surface area contributed by atoms with Crippen molar-refractivity contribution in [2.24, 2.45) is 23.3 Å². The molecule has 0 radical (unpaired) electrons. The van der Waals surface area contributed by atoms with Gasteiger partial charge < -0.3 is 79.3 Å². The normalized spacial score (nSPS) is 15.6. The van der Waals surface area contributed by atoms with Crippen LogP contribution in [0.2, 0.25) is 5.02 Å². The number of likely N-dealkylation sites (tertiary alicyclic amines) is 1. The molecule has 6 rings (SSSR count). The molecule has 0 aliphatic carbocycles. The third kappa shape index (κ3) is 27.6. The van der Waals surface area contributed by atoms with Crippen molar-refractivity contribution < 1.29 is 58.2 Å². The van der Waals surface area contributed by atoms with E-state index in [1.54, 1.807) is 43.3 Å². The van der Waals surface area contributed by atoms with E-state index in [1.807, 2.05) is 43.0 Å². The van der Waals surface area contributed by atoms with Gasteiger partial charge in [-0.3, -0.25) is 52.9 Å². The maximum atomic E-state index is 15.0. The zero-order chi connectivity index (χ0) is 75.4. The second-order valence-electron chi connectivity index (χ2n) is 28.2. The van der Waals surface area contributed by atoms with Crippen LogP contribution < -0.4 is 59.3 Å². The predicted molar refractivity (Wildman–Crippen MR) is 395 cm³/mol. The summed E-state index contributed by atoms with van der Waals surface area (Å²) < 4.78 is 0. The molecule has 4 aromatic carbocycles. The van der Waals surface area contributed by atoms with Gasteiger partial charge in [-0.15, -0.1) is 0 Å². The highest BCUT2D eigenvalue weighted by molar-refractivity contribution is 6.30. The lowest BCUT2D eigenvalue weighted by molar-refractivity contribution is -0.144. The van der Waals surface area contributed by atoms with Crippen LogP contribution in [0.15, 0.2) is 109 Å². The molecule has 103 heavy (non-hydrogen) atoms. The number of hydrogen-bond acceptors (Lipinski definition) is 16. The number of aromatic hydroxyl groups is 1. The van der Waals surface area contributed by atoms with E-state index in [-0.39, 0.29) is 61.9 Å². The number of aliphatic hydroxyl groups excluding tert-OH is 1. The van der Waals surface area contributed by atoms with Gasteiger partial charge in [0.25, 0.3) is 0 Å². The van der Waals surface area contributed by atoms with Crippen molar-refractivity contribution in [3.63, 3.8) is 0 Å². The first-order valence-corrected chi connectivity index (χ1v) is 36.0. The molecule has 560 valence electrons. The SMILES string of the molecule is CC(=O)N[C@H](Cc1ccc2cc(CC(C)C)ccc2c1)C(=O)N[C@H](Cc1ccc(Cl)cc1)C(=O)N[C@H](Cc1cccnc1)C(=O)N[C@@H](CO)C(=O)N(C)[C@@H](Cc1ccc(O)cc1)C(=O)N[C@H](CC(N)=O)C(=O)N[C@H](CN[C@@H](CCCCNC(C)C)C(=O)N1CCC[C@H]1CN[C@H](C)C(N)=O)CC(C)C. The topological polar surface area (TPSA) is 391 Å². The average Bonchev–Trinajstić information content (AvgIpc) is 1.15. The van der Waals surface area contributed by atoms with Gasteiger partial charge in [-0.05, 0) is 133 Å². The van der Waals surface area contributed by atoms with Gasteiger partial charge in [-0.1, -0.05) is 126 Å². The molecular formula is C76H107ClN14O12. The summed E-state index contributed by atoms with van der Waals surface area (Å²) in [5.41, 5.74) is 14.7. The van der Waals surface area contributed by atoms with E-state index in [0.29, 0.717) is 60.0 Å². The minimum absolute atomic E-state index is 0.00115. The summed E-state index contributed by atoms with van der Waals surface area (Å²) >= 11 is 6.27. The summed E-state index contributed by atoms with van der Waals surface area (Å²) in [6.07, 6.45) is 6.46. The van der Waals surface area contributed by atoms with E-state index in [1.165, 1.54) is 56.2 Å². The van der Waals surface area contributed by atoms with Crippen LogP contribution in [-0.2, 0) is 80.0 Å². The number of pyridine rings is 1. The van der Waals surface area contributed by atoms with Gasteiger partial charge in [0.05, 0.1) is 25.1 Å². The third-order valence-electron chi connectivity index (χ3n) is 18.1. The number of aromatic nitrogens is 1. The lowest BCUT2D eigenvalue weighted by atomic mass is 9.97. The van der Waals surface area contributed by atoms with Gasteiger partial charge in [-0.25, -0.2) is 0 Å². The van der Waals surface area contributed by atoms with Crippen molar-refractivity contribution >= 4 is 81.4 Å². The first-order valence-electron chi connectivity index (χ1n) is 35.6. The van der Waals surface area contributed by atoms with Gasteiger partial charge in [-0.2, -0.15) is 0 Å². The fourth-order valence-corrected chi connectivity index (χ4v) is 12.7. The zero-order valence-electron chi connectivity index (χ0n) is 60.8. The molecule has 1 fully saturated rings. The second kappa shape index (κ2) is 41.3. The Labute approximate surface area is 609 Å². The van der Waals surface area contributed by atoms with Crippen molar-refractivity contribution in [1.29, 1.82) is 0 Å². The molecule has 10 atom stereocenters. The molecule has 1 aliphatic heterocycles. The molecule has 27 heteroatoms. The summed E-state index contributed by atoms with van der Waals surface area (Å²) in [5, 5.41) is 50.1. The van der Waals surface area contributed by atoms with Crippen LogP contribution in [0.25, 0.3) is 10.8 Å². The number of amides is 10. The van der Waals surface area contributed by atoms with Gasteiger partial charge in [0.2, 0.25) is 59.1 Å². The summed E-state index contributed by atoms with van der Waals surface area (Å²) in [6, 6.07) is 16.7. The largest absolute Gasteiger partial charge is 0.508 e. The molecule has 1 saturated heterocycles. The van der Waals surface area contributed by atoms with Gasteiger partial charge >= 0.3 is 0 Å². The van der Waals surface area contributed by atoms with E-state index in [2.05, 4.69) is 92.7 Å². The highest BCUT2D eigenvalue weighted by Crippen LogP contribution is 2.24. The number of nitrogens with zero attached hydrogens (tertiary/aromatic N) is 3. The number of phenols is 1. The summed E-state index contributed by atoms with van der Waals surface area (Å²) in [6.45, 7) is 15.9. The van der Waals surface area contributed by atoms with Crippen LogP contribution >= 0.6 is 11.6 Å².